The molecular weight excluding hydrogens is 594 g/mol. The SMILES string of the molecule is C=CC(C)(C)[C@]12C[C@@H](C(N)=O)N3C(=O)/C(=C\c4cn(C(c5ccccc5)(c5ccccc5)c5ccccc5)cn4)N(c4ccccc41)C32. The minimum absolute atomic E-state index is 0.227. The maximum absolute atomic E-state index is 14.5. The number of carbonyl (C=O) groups is 2. The molecule has 238 valence electrons. The molecule has 7 nitrogen and oxygen atoms in total. The first-order valence-corrected chi connectivity index (χ1v) is 16.3. The summed E-state index contributed by atoms with van der Waals surface area (Å²) in [6.07, 6.45) is 7.66. The third kappa shape index (κ3) is 3.84. The summed E-state index contributed by atoms with van der Waals surface area (Å²) in [5.41, 5.74) is 10.6. The molecule has 3 aliphatic rings. The summed E-state index contributed by atoms with van der Waals surface area (Å²) in [5, 5.41) is 0. The molecule has 0 bridgehead atoms. The van der Waals surface area contributed by atoms with E-state index in [1.165, 1.54) is 0 Å². The van der Waals surface area contributed by atoms with Crippen LogP contribution in [0.15, 0.2) is 146 Å². The highest BCUT2D eigenvalue weighted by molar-refractivity contribution is 6.09. The molecular formula is C41H37N5O2. The van der Waals surface area contributed by atoms with E-state index in [-0.39, 0.29) is 5.91 Å². The van der Waals surface area contributed by atoms with Gasteiger partial charge < -0.3 is 20.1 Å². The Morgan fingerprint density at radius 1 is 0.875 bits per heavy atom. The number of primary amides is 1. The molecule has 1 unspecified atom stereocenters. The molecule has 2 saturated heterocycles. The Bertz CT molecular complexity index is 1990. The van der Waals surface area contributed by atoms with E-state index in [0.29, 0.717) is 17.8 Å². The summed E-state index contributed by atoms with van der Waals surface area (Å²) in [5.74, 6) is -0.728. The van der Waals surface area contributed by atoms with Crippen LogP contribution in [0.5, 0.6) is 0 Å². The van der Waals surface area contributed by atoms with E-state index in [0.717, 1.165) is 27.9 Å². The summed E-state index contributed by atoms with van der Waals surface area (Å²) < 4.78 is 2.13. The summed E-state index contributed by atoms with van der Waals surface area (Å²) in [6.45, 7) is 8.45. The quantitative estimate of drug-likeness (QED) is 0.121. The molecule has 3 atom stereocenters. The fourth-order valence-corrected chi connectivity index (χ4v) is 8.67. The largest absolute Gasteiger partial charge is 0.368 e. The van der Waals surface area contributed by atoms with Crippen LogP contribution in [-0.2, 0) is 20.5 Å². The molecule has 5 aromatic rings. The van der Waals surface area contributed by atoms with Gasteiger partial charge in [-0.2, -0.15) is 0 Å². The number of amides is 2. The minimum atomic E-state index is -0.747. The molecule has 4 heterocycles. The maximum Gasteiger partial charge on any atom is 0.273 e. The predicted molar refractivity (Wildman–Crippen MR) is 188 cm³/mol. The van der Waals surface area contributed by atoms with Gasteiger partial charge in [0.1, 0.15) is 23.4 Å². The van der Waals surface area contributed by atoms with Crippen LogP contribution in [0.1, 0.15) is 48.2 Å². The smallest absolute Gasteiger partial charge is 0.273 e. The van der Waals surface area contributed by atoms with Gasteiger partial charge in [-0.25, -0.2) is 4.98 Å². The van der Waals surface area contributed by atoms with Crippen molar-refractivity contribution in [3.8, 4) is 0 Å². The van der Waals surface area contributed by atoms with E-state index in [1.807, 2.05) is 55.0 Å². The number of para-hydroxylation sites is 1. The Kier molecular flexibility index (Phi) is 6.60. The van der Waals surface area contributed by atoms with Crippen LogP contribution in [0.2, 0.25) is 0 Å². The highest BCUT2D eigenvalue weighted by Gasteiger charge is 2.71. The normalized spacial score (nSPS) is 22.2. The number of anilines is 1. The van der Waals surface area contributed by atoms with Gasteiger partial charge in [0.2, 0.25) is 5.91 Å². The van der Waals surface area contributed by atoms with Gasteiger partial charge in [0.05, 0.1) is 12.0 Å². The molecule has 8 rings (SSSR count). The number of nitrogens with two attached hydrogens (primary N) is 1. The molecule has 2 fully saturated rings. The lowest BCUT2D eigenvalue weighted by Gasteiger charge is -2.43. The highest BCUT2D eigenvalue weighted by Crippen LogP contribution is 2.65. The zero-order valence-electron chi connectivity index (χ0n) is 27.0. The van der Waals surface area contributed by atoms with E-state index >= 15 is 0 Å². The summed E-state index contributed by atoms with van der Waals surface area (Å²) in [7, 11) is 0. The summed E-state index contributed by atoms with van der Waals surface area (Å²) in [6, 6.07) is 38.6. The van der Waals surface area contributed by atoms with Crippen LogP contribution in [-0.4, -0.2) is 38.5 Å². The number of hydrogen-bond donors (Lipinski definition) is 1. The second-order valence-electron chi connectivity index (χ2n) is 13.5. The number of fused-ring (bicyclic) bond motifs is 3. The van der Waals surface area contributed by atoms with Gasteiger partial charge in [-0.15, -0.1) is 6.58 Å². The average molecular weight is 632 g/mol. The van der Waals surface area contributed by atoms with Crippen molar-refractivity contribution in [2.24, 2.45) is 11.1 Å². The van der Waals surface area contributed by atoms with Crippen molar-refractivity contribution < 1.29 is 9.59 Å². The molecule has 48 heavy (non-hydrogen) atoms. The summed E-state index contributed by atoms with van der Waals surface area (Å²) >= 11 is 0. The van der Waals surface area contributed by atoms with Crippen LogP contribution in [0.4, 0.5) is 5.69 Å². The molecule has 0 saturated carbocycles. The van der Waals surface area contributed by atoms with Gasteiger partial charge >= 0.3 is 0 Å². The molecule has 0 radical (unpaired) electrons. The monoisotopic (exact) mass is 631 g/mol. The van der Waals surface area contributed by atoms with E-state index in [4.69, 9.17) is 10.7 Å². The van der Waals surface area contributed by atoms with Gasteiger partial charge in [0, 0.05) is 17.3 Å². The Labute approximate surface area is 280 Å². The van der Waals surface area contributed by atoms with Crippen molar-refractivity contribution in [2.75, 3.05) is 4.90 Å². The van der Waals surface area contributed by atoms with Gasteiger partial charge in [-0.3, -0.25) is 9.59 Å². The average Bonchev–Trinajstić information content (AvgIpc) is 3.87. The van der Waals surface area contributed by atoms with Crippen molar-refractivity contribution >= 4 is 23.6 Å². The second kappa shape index (κ2) is 10.7. The number of benzene rings is 4. The van der Waals surface area contributed by atoms with Gasteiger partial charge in [0.25, 0.3) is 5.91 Å². The van der Waals surface area contributed by atoms with Gasteiger partial charge in [-0.1, -0.05) is 129 Å². The Hall–Kier alpha value is -5.69. The first kappa shape index (κ1) is 29.7. The minimum Gasteiger partial charge on any atom is -0.368 e. The zero-order chi connectivity index (χ0) is 33.3. The molecule has 7 heteroatoms. The van der Waals surface area contributed by atoms with Crippen molar-refractivity contribution in [3.63, 3.8) is 0 Å². The van der Waals surface area contributed by atoms with Crippen molar-refractivity contribution in [1.29, 1.82) is 0 Å². The van der Waals surface area contributed by atoms with Gasteiger partial charge in [-0.05, 0) is 46.2 Å². The van der Waals surface area contributed by atoms with Crippen LogP contribution in [0, 0.1) is 5.41 Å². The number of hydrogen-bond acceptors (Lipinski definition) is 4. The van der Waals surface area contributed by atoms with Crippen molar-refractivity contribution in [2.45, 2.75) is 43.4 Å². The first-order valence-electron chi connectivity index (χ1n) is 16.3. The lowest BCUT2D eigenvalue weighted by molar-refractivity contribution is -0.133. The lowest BCUT2D eigenvalue weighted by Crippen LogP contribution is -2.51. The molecule has 0 aliphatic carbocycles. The molecule has 2 amide bonds. The predicted octanol–water partition coefficient (Wildman–Crippen LogP) is 6.46. The first-order chi connectivity index (χ1) is 23.3. The topological polar surface area (TPSA) is 84.5 Å². The Balaban J connectivity index is 1.33. The van der Waals surface area contributed by atoms with E-state index in [1.54, 1.807) is 4.90 Å². The van der Waals surface area contributed by atoms with Crippen LogP contribution in [0.25, 0.3) is 6.08 Å². The fourth-order valence-electron chi connectivity index (χ4n) is 8.67. The van der Waals surface area contributed by atoms with Crippen LogP contribution < -0.4 is 10.6 Å². The third-order valence-electron chi connectivity index (χ3n) is 11.0. The van der Waals surface area contributed by atoms with Gasteiger partial charge in [0.15, 0.2) is 0 Å². The van der Waals surface area contributed by atoms with E-state index in [2.05, 4.69) is 115 Å². The van der Waals surface area contributed by atoms with Crippen molar-refractivity contribution in [1.82, 2.24) is 14.5 Å². The zero-order valence-corrected chi connectivity index (χ0v) is 27.0. The second-order valence-corrected chi connectivity index (χ2v) is 13.5. The lowest BCUT2D eigenvalue weighted by atomic mass is 9.60. The summed E-state index contributed by atoms with van der Waals surface area (Å²) in [4.78, 5) is 36.2. The van der Waals surface area contributed by atoms with Crippen molar-refractivity contribution in [3.05, 3.63) is 174 Å². The number of carbonyl (C=O) groups excluding carboxylic acids is 2. The Morgan fingerprint density at radius 3 is 1.96 bits per heavy atom. The number of nitrogens with zero attached hydrogens (tertiary/aromatic N) is 4. The standard InChI is InChI=1S/C41H37N5O2/c1-4-39(2,3)40-25-35(36(42)47)46-37(48)34(45(38(40)46)33-23-15-14-22-32(33)40)24-31-26-44(27-43-31)41(28-16-8-5-9-17-28,29-18-10-6-11-19-29)30-20-12-7-13-21-30/h4-24,26-27,35,38H,1,25H2,2-3H3,(H2,42,47)/b34-24+/t35-,38?,40+/m0/s1. The molecule has 2 N–H and O–H groups in total. The number of rotatable bonds is 8. The molecule has 0 spiro atoms. The number of imidazole rings is 1. The Morgan fingerprint density at radius 2 is 1.42 bits per heavy atom. The molecule has 3 aliphatic heterocycles. The molecule has 4 aromatic carbocycles. The fraction of sp³-hybridized carbons (Fsp3) is 0.195. The number of aromatic nitrogens is 2. The van der Waals surface area contributed by atoms with E-state index < -0.39 is 34.5 Å². The highest BCUT2D eigenvalue weighted by atomic mass is 16.2. The van der Waals surface area contributed by atoms with Crippen LogP contribution in [0.3, 0.4) is 0 Å². The molecule has 1 aromatic heterocycles. The van der Waals surface area contributed by atoms with E-state index in [9.17, 15) is 9.59 Å². The third-order valence-corrected chi connectivity index (χ3v) is 11.0. The maximum atomic E-state index is 14.5. The number of allylic oxidation sites excluding steroid dienone is 1. The van der Waals surface area contributed by atoms with Crippen LogP contribution >= 0.6 is 0 Å².